The van der Waals surface area contributed by atoms with Crippen LogP contribution in [0.5, 0.6) is 0 Å². The van der Waals surface area contributed by atoms with E-state index < -0.39 is 0 Å². The van der Waals surface area contributed by atoms with Gasteiger partial charge in [0.25, 0.3) is 5.56 Å². The Morgan fingerprint density at radius 1 is 1.36 bits per heavy atom. The molecule has 3 rings (SSSR count). The van der Waals surface area contributed by atoms with E-state index in [9.17, 15) is 9.59 Å². The number of fused-ring (bicyclic) bond motifs is 1. The smallest absolute Gasteiger partial charge is 0.262 e. The highest BCUT2D eigenvalue weighted by molar-refractivity contribution is 9.10. The summed E-state index contributed by atoms with van der Waals surface area (Å²) in [6.07, 6.45) is 0. The van der Waals surface area contributed by atoms with E-state index in [1.165, 1.54) is 27.7 Å². The van der Waals surface area contributed by atoms with Crippen molar-refractivity contribution >= 4 is 60.8 Å². The average Bonchev–Trinajstić information content (AvgIpc) is 2.86. The number of anilines is 1. The second-order valence-electron chi connectivity index (χ2n) is 5.54. The van der Waals surface area contributed by atoms with Crippen LogP contribution in [0.15, 0.2) is 38.7 Å². The van der Waals surface area contributed by atoms with Crippen molar-refractivity contribution in [3.63, 3.8) is 0 Å². The lowest BCUT2D eigenvalue weighted by Crippen LogP contribution is -2.21. The first-order valence-corrected chi connectivity index (χ1v) is 10.1. The maximum Gasteiger partial charge on any atom is 0.262 e. The minimum Gasteiger partial charge on any atom is -0.324 e. The van der Waals surface area contributed by atoms with Gasteiger partial charge in [0, 0.05) is 16.4 Å². The first-order chi connectivity index (χ1) is 11.9. The van der Waals surface area contributed by atoms with Crippen molar-refractivity contribution in [1.29, 1.82) is 0 Å². The monoisotopic (exact) mass is 437 g/mol. The molecule has 130 valence electrons. The molecule has 1 N–H and O–H groups in total. The Morgan fingerprint density at radius 3 is 2.80 bits per heavy atom. The number of carbonyl (C=O) groups excluding carboxylic acids is 1. The molecule has 0 saturated heterocycles. The standard InChI is InChI=1S/C17H16BrN3O2S2/c1-9-10(2)25-15-14(9)16(23)21(3)17(20-15)24-8-13(22)19-12-7-5-4-6-11(12)18/h4-7H,8H2,1-3H3,(H,19,22). The number of nitrogens with zero attached hydrogens (tertiary/aromatic N) is 2. The molecule has 0 fully saturated rings. The fourth-order valence-corrected chi connectivity index (χ4v) is 4.59. The van der Waals surface area contributed by atoms with Gasteiger partial charge in [0.05, 0.1) is 16.8 Å². The van der Waals surface area contributed by atoms with E-state index in [1.807, 2.05) is 38.1 Å². The van der Waals surface area contributed by atoms with E-state index in [-0.39, 0.29) is 17.2 Å². The highest BCUT2D eigenvalue weighted by Gasteiger charge is 2.16. The molecule has 5 nitrogen and oxygen atoms in total. The van der Waals surface area contributed by atoms with Gasteiger partial charge in [0.1, 0.15) is 4.83 Å². The lowest BCUT2D eigenvalue weighted by molar-refractivity contribution is -0.113. The van der Waals surface area contributed by atoms with E-state index in [1.54, 1.807) is 7.05 Å². The Kier molecular flexibility index (Phi) is 5.31. The van der Waals surface area contributed by atoms with Crippen molar-refractivity contribution in [2.45, 2.75) is 19.0 Å². The van der Waals surface area contributed by atoms with Gasteiger partial charge in [-0.25, -0.2) is 4.98 Å². The zero-order valence-electron chi connectivity index (χ0n) is 13.9. The number of halogens is 1. The van der Waals surface area contributed by atoms with Crippen molar-refractivity contribution in [3.05, 3.63) is 49.5 Å². The van der Waals surface area contributed by atoms with Crippen LogP contribution in [0.3, 0.4) is 0 Å². The predicted molar refractivity (Wildman–Crippen MR) is 108 cm³/mol. The van der Waals surface area contributed by atoms with E-state index in [0.29, 0.717) is 10.5 Å². The third kappa shape index (κ3) is 3.65. The molecule has 0 spiro atoms. The second-order valence-corrected chi connectivity index (χ2v) is 8.54. The van der Waals surface area contributed by atoms with E-state index in [4.69, 9.17) is 0 Å². The van der Waals surface area contributed by atoms with Gasteiger partial charge in [-0.3, -0.25) is 14.2 Å². The summed E-state index contributed by atoms with van der Waals surface area (Å²) < 4.78 is 2.34. The number of benzene rings is 1. The van der Waals surface area contributed by atoms with Gasteiger partial charge in [0.2, 0.25) is 5.91 Å². The molecular weight excluding hydrogens is 422 g/mol. The summed E-state index contributed by atoms with van der Waals surface area (Å²) in [5, 5.41) is 4.06. The minimum atomic E-state index is -0.148. The molecule has 0 aliphatic carbocycles. The van der Waals surface area contributed by atoms with Crippen molar-refractivity contribution in [3.8, 4) is 0 Å². The third-order valence-corrected chi connectivity index (χ3v) is 6.67. The maximum atomic E-state index is 12.6. The van der Waals surface area contributed by atoms with E-state index >= 15 is 0 Å². The summed E-state index contributed by atoms with van der Waals surface area (Å²) in [7, 11) is 1.69. The lowest BCUT2D eigenvalue weighted by atomic mass is 10.2. The zero-order valence-corrected chi connectivity index (χ0v) is 17.1. The number of nitrogens with one attached hydrogen (secondary N) is 1. The number of aromatic nitrogens is 2. The molecule has 1 amide bonds. The fraction of sp³-hybridized carbons (Fsp3) is 0.235. The normalized spacial score (nSPS) is 11.0. The summed E-state index contributed by atoms with van der Waals surface area (Å²) >= 11 is 6.17. The van der Waals surface area contributed by atoms with Crippen LogP contribution in [0.25, 0.3) is 10.2 Å². The van der Waals surface area contributed by atoms with Crippen LogP contribution in [0.2, 0.25) is 0 Å². The lowest BCUT2D eigenvalue weighted by Gasteiger charge is -2.09. The third-order valence-electron chi connectivity index (χ3n) is 3.85. The first-order valence-electron chi connectivity index (χ1n) is 7.52. The Bertz CT molecular complexity index is 1030. The van der Waals surface area contributed by atoms with Gasteiger partial charge in [-0.15, -0.1) is 11.3 Å². The van der Waals surface area contributed by atoms with Crippen molar-refractivity contribution in [2.75, 3.05) is 11.1 Å². The van der Waals surface area contributed by atoms with Crippen LogP contribution in [-0.2, 0) is 11.8 Å². The predicted octanol–water partition coefficient (Wildman–Crippen LogP) is 4.11. The van der Waals surface area contributed by atoms with Crippen molar-refractivity contribution < 1.29 is 4.79 Å². The van der Waals surface area contributed by atoms with Crippen LogP contribution < -0.4 is 10.9 Å². The molecule has 1 aromatic carbocycles. The number of rotatable bonds is 4. The van der Waals surface area contributed by atoms with Crippen LogP contribution in [-0.4, -0.2) is 21.2 Å². The SMILES string of the molecule is Cc1sc2nc(SCC(=O)Nc3ccccc3Br)n(C)c(=O)c2c1C. The number of amides is 1. The molecule has 25 heavy (non-hydrogen) atoms. The number of carbonyl (C=O) groups is 1. The van der Waals surface area contributed by atoms with Gasteiger partial charge in [0.15, 0.2) is 5.16 Å². The van der Waals surface area contributed by atoms with Gasteiger partial charge in [-0.05, 0) is 47.5 Å². The number of hydrogen-bond acceptors (Lipinski definition) is 5. The molecule has 0 atom stereocenters. The molecule has 8 heteroatoms. The van der Waals surface area contributed by atoms with Gasteiger partial charge in [-0.2, -0.15) is 0 Å². The summed E-state index contributed by atoms with van der Waals surface area (Å²) in [5.41, 5.74) is 1.63. The van der Waals surface area contributed by atoms with Crippen molar-refractivity contribution in [2.24, 2.45) is 7.05 Å². The molecule has 0 radical (unpaired) electrons. The second kappa shape index (κ2) is 7.31. The number of hydrogen-bond donors (Lipinski definition) is 1. The number of thiophene rings is 1. The van der Waals surface area contributed by atoms with Crippen LogP contribution in [0.4, 0.5) is 5.69 Å². The van der Waals surface area contributed by atoms with Gasteiger partial charge >= 0.3 is 0 Å². The van der Waals surface area contributed by atoms with Crippen molar-refractivity contribution in [1.82, 2.24) is 9.55 Å². The van der Waals surface area contributed by atoms with Crippen LogP contribution >= 0.6 is 39.0 Å². The Morgan fingerprint density at radius 2 is 2.08 bits per heavy atom. The molecule has 2 heterocycles. The van der Waals surface area contributed by atoms with Gasteiger partial charge < -0.3 is 5.32 Å². The maximum absolute atomic E-state index is 12.6. The van der Waals surface area contributed by atoms with Gasteiger partial charge in [-0.1, -0.05) is 23.9 Å². The molecule has 2 aromatic heterocycles. The Hall–Kier alpha value is -1.64. The molecule has 0 aliphatic heterocycles. The Balaban J connectivity index is 1.79. The summed E-state index contributed by atoms with van der Waals surface area (Å²) in [6.45, 7) is 3.92. The zero-order chi connectivity index (χ0) is 18.1. The van der Waals surface area contributed by atoms with E-state index in [2.05, 4.69) is 26.2 Å². The number of para-hydroxylation sites is 1. The number of aryl methyl sites for hydroxylation is 2. The largest absolute Gasteiger partial charge is 0.324 e. The quantitative estimate of drug-likeness (QED) is 0.492. The fourth-order valence-electron chi connectivity index (χ4n) is 2.36. The van der Waals surface area contributed by atoms with Crippen LogP contribution in [0, 0.1) is 13.8 Å². The average molecular weight is 438 g/mol. The van der Waals surface area contributed by atoms with E-state index in [0.717, 1.165) is 25.4 Å². The van der Waals surface area contributed by atoms with Crippen LogP contribution in [0.1, 0.15) is 10.4 Å². The summed E-state index contributed by atoms with van der Waals surface area (Å²) in [5.74, 6) is 0.0287. The Labute approximate surface area is 161 Å². The molecule has 0 saturated carbocycles. The minimum absolute atomic E-state index is 0.0689. The molecule has 0 unspecified atom stereocenters. The first kappa shape index (κ1) is 18.2. The topological polar surface area (TPSA) is 64.0 Å². The highest BCUT2D eigenvalue weighted by Crippen LogP contribution is 2.28. The molecule has 0 aliphatic rings. The summed E-state index contributed by atoms with van der Waals surface area (Å²) in [4.78, 5) is 31.2. The molecule has 0 bridgehead atoms. The highest BCUT2D eigenvalue weighted by atomic mass is 79.9. The summed E-state index contributed by atoms with van der Waals surface area (Å²) in [6, 6.07) is 7.43. The molecular formula is C17H16BrN3O2S2. The molecule has 3 aromatic rings. The number of thioether (sulfide) groups is 1.